The molecule has 0 bridgehead atoms. The average Bonchev–Trinajstić information content (AvgIpc) is 3.36. The molecular weight excluding hydrogens is 500 g/mol. The summed E-state index contributed by atoms with van der Waals surface area (Å²) in [4.78, 5) is 40.6. The summed E-state index contributed by atoms with van der Waals surface area (Å²) in [5.74, 6) is 0.167. The molecule has 0 aliphatic heterocycles. The Balaban J connectivity index is 1.34. The topological polar surface area (TPSA) is 123 Å². The van der Waals surface area contributed by atoms with Crippen LogP contribution in [0.2, 0.25) is 0 Å². The molecule has 0 atom stereocenters. The molecule has 0 unspecified atom stereocenters. The fourth-order valence-electron chi connectivity index (χ4n) is 3.24. The van der Waals surface area contributed by atoms with Gasteiger partial charge in [0.05, 0.1) is 23.5 Å². The summed E-state index contributed by atoms with van der Waals surface area (Å²) in [6.45, 7) is 0. The number of ether oxygens (including phenoxy) is 1. The number of carbonyl (C=O) groups is 2. The summed E-state index contributed by atoms with van der Waals surface area (Å²) in [6.07, 6.45) is 0. The van der Waals surface area contributed by atoms with E-state index in [2.05, 4.69) is 15.6 Å². The molecule has 0 fully saturated rings. The van der Waals surface area contributed by atoms with Crippen LogP contribution in [0.1, 0.15) is 10.4 Å². The normalized spacial score (nSPS) is 10.5. The van der Waals surface area contributed by atoms with Gasteiger partial charge in [-0.3, -0.25) is 19.7 Å². The molecule has 36 heavy (non-hydrogen) atoms. The van der Waals surface area contributed by atoms with Crippen molar-refractivity contribution < 1.29 is 19.2 Å². The lowest BCUT2D eigenvalue weighted by atomic mass is 10.1. The van der Waals surface area contributed by atoms with E-state index >= 15 is 0 Å². The molecule has 2 amide bonds. The van der Waals surface area contributed by atoms with Crippen molar-refractivity contribution in [2.24, 2.45) is 0 Å². The SMILES string of the molecule is COc1ccccc1-c1csc(NC(=O)CSc2cccc(NC(=O)c3cccc([N+](=O)[O-])c3)c2)n1. The van der Waals surface area contributed by atoms with Crippen LogP contribution < -0.4 is 15.4 Å². The number of methoxy groups -OCH3 is 1. The second-order valence-electron chi connectivity index (χ2n) is 7.36. The van der Waals surface area contributed by atoms with Gasteiger partial charge in [0, 0.05) is 39.2 Å². The van der Waals surface area contributed by atoms with Crippen LogP contribution in [0.4, 0.5) is 16.5 Å². The number of amides is 2. The molecule has 3 aromatic carbocycles. The Hall–Kier alpha value is -4.22. The van der Waals surface area contributed by atoms with Crippen molar-refractivity contribution in [3.8, 4) is 17.0 Å². The number of rotatable bonds is 9. The molecule has 1 aromatic heterocycles. The predicted molar refractivity (Wildman–Crippen MR) is 141 cm³/mol. The number of nitrogens with one attached hydrogen (secondary N) is 2. The van der Waals surface area contributed by atoms with Gasteiger partial charge in [-0.15, -0.1) is 23.1 Å². The van der Waals surface area contributed by atoms with Gasteiger partial charge in [-0.2, -0.15) is 0 Å². The number of nitrogens with zero attached hydrogens (tertiary/aromatic N) is 2. The summed E-state index contributed by atoms with van der Waals surface area (Å²) >= 11 is 2.63. The Morgan fingerprint density at radius 3 is 2.67 bits per heavy atom. The first-order valence-electron chi connectivity index (χ1n) is 10.6. The van der Waals surface area contributed by atoms with E-state index < -0.39 is 10.8 Å². The zero-order valence-electron chi connectivity index (χ0n) is 19.0. The Labute approximate surface area is 214 Å². The first-order valence-corrected chi connectivity index (χ1v) is 12.5. The van der Waals surface area contributed by atoms with Crippen LogP contribution in [-0.2, 0) is 4.79 Å². The van der Waals surface area contributed by atoms with Crippen LogP contribution in [0, 0.1) is 10.1 Å². The number of para-hydroxylation sites is 1. The van der Waals surface area contributed by atoms with Gasteiger partial charge in [0.25, 0.3) is 11.6 Å². The summed E-state index contributed by atoms with van der Waals surface area (Å²) in [5.41, 5.74) is 2.09. The van der Waals surface area contributed by atoms with E-state index in [9.17, 15) is 19.7 Å². The lowest BCUT2D eigenvalue weighted by Gasteiger charge is -2.08. The molecule has 11 heteroatoms. The van der Waals surface area contributed by atoms with E-state index in [4.69, 9.17) is 4.74 Å². The maximum Gasteiger partial charge on any atom is 0.270 e. The largest absolute Gasteiger partial charge is 0.496 e. The highest BCUT2D eigenvalue weighted by molar-refractivity contribution is 8.00. The minimum absolute atomic E-state index is 0.145. The molecule has 4 rings (SSSR count). The van der Waals surface area contributed by atoms with Crippen LogP contribution in [0.3, 0.4) is 0 Å². The smallest absolute Gasteiger partial charge is 0.270 e. The molecule has 0 radical (unpaired) electrons. The van der Waals surface area contributed by atoms with Crippen LogP contribution in [0.5, 0.6) is 5.75 Å². The number of benzene rings is 3. The third kappa shape index (κ3) is 6.26. The van der Waals surface area contributed by atoms with Crippen molar-refractivity contribution in [1.29, 1.82) is 0 Å². The molecule has 0 aliphatic rings. The summed E-state index contributed by atoms with van der Waals surface area (Å²) in [7, 11) is 1.60. The van der Waals surface area contributed by atoms with Gasteiger partial charge in [-0.25, -0.2) is 4.98 Å². The fourth-order valence-corrected chi connectivity index (χ4v) is 4.72. The molecule has 2 N–H and O–H groups in total. The highest BCUT2D eigenvalue weighted by Gasteiger charge is 2.13. The Bertz CT molecular complexity index is 1420. The summed E-state index contributed by atoms with van der Waals surface area (Å²) < 4.78 is 5.37. The van der Waals surface area contributed by atoms with Gasteiger partial charge in [0.15, 0.2) is 5.13 Å². The van der Waals surface area contributed by atoms with Gasteiger partial charge in [0.2, 0.25) is 5.91 Å². The van der Waals surface area contributed by atoms with Crippen LogP contribution in [0.15, 0.2) is 83.1 Å². The number of nitro groups is 1. The minimum atomic E-state index is -0.551. The number of aromatic nitrogens is 1. The van der Waals surface area contributed by atoms with Crippen LogP contribution in [-0.4, -0.2) is 34.6 Å². The highest BCUT2D eigenvalue weighted by atomic mass is 32.2. The minimum Gasteiger partial charge on any atom is -0.496 e. The quantitative estimate of drug-likeness (QED) is 0.165. The molecule has 0 spiro atoms. The van der Waals surface area contributed by atoms with E-state index in [1.165, 1.54) is 47.4 Å². The summed E-state index contributed by atoms with van der Waals surface area (Å²) in [5, 5.41) is 18.8. The Morgan fingerprint density at radius 1 is 1.06 bits per heavy atom. The third-order valence-electron chi connectivity index (χ3n) is 4.91. The van der Waals surface area contributed by atoms with Crippen LogP contribution in [0.25, 0.3) is 11.3 Å². The van der Waals surface area contributed by atoms with Crippen molar-refractivity contribution in [1.82, 2.24) is 4.98 Å². The van der Waals surface area contributed by atoms with Gasteiger partial charge < -0.3 is 15.4 Å². The van der Waals surface area contributed by atoms with Gasteiger partial charge in [-0.05, 0) is 36.4 Å². The highest BCUT2D eigenvalue weighted by Crippen LogP contribution is 2.32. The molecule has 1 heterocycles. The van der Waals surface area contributed by atoms with E-state index in [0.717, 1.165) is 10.5 Å². The summed E-state index contributed by atoms with van der Waals surface area (Å²) in [6, 6.07) is 20.0. The van der Waals surface area contributed by atoms with E-state index in [0.29, 0.717) is 22.3 Å². The number of nitro benzene ring substituents is 1. The number of thiazole rings is 1. The van der Waals surface area contributed by atoms with Crippen molar-refractivity contribution in [2.75, 3.05) is 23.5 Å². The monoisotopic (exact) mass is 520 g/mol. The maximum absolute atomic E-state index is 12.5. The Kier molecular flexibility index (Phi) is 7.93. The average molecular weight is 521 g/mol. The number of carbonyl (C=O) groups excluding carboxylic acids is 2. The van der Waals surface area contributed by atoms with Gasteiger partial charge in [-0.1, -0.05) is 24.3 Å². The first kappa shape index (κ1) is 24.9. The number of hydrogen-bond donors (Lipinski definition) is 2. The second kappa shape index (κ2) is 11.5. The molecule has 0 saturated carbocycles. The lowest BCUT2D eigenvalue weighted by molar-refractivity contribution is -0.384. The molecule has 0 aliphatic carbocycles. The van der Waals surface area contributed by atoms with Crippen molar-refractivity contribution >= 4 is 51.4 Å². The Morgan fingerprint density at radius 2 is 1.86 bits per heavy atom. The van der Waals surface area contributed by atoms with Gasteiger partial charge in [0.1, 0.15) is 5.75 Å². The number of anilines is 2. The van der Waals surface area contributed by atoms with E-state index in [1.807, 2.05) is 35.7 Å². The third-order valence-corrected chi connectivity index (χ3v) is 6.67. The molecule has 0 saturated heterocycles. The molecule has 9 nitrogen and oxygen atoms in total. The first-order chi connectivity index (χ1) is 17.4. The lowest BCUT2D eigenvalue weighted by Crippen LogP contribution is -2.14. The fraction of sp³-hybridized carbons (Fsp3) is 0.0800. The number of non-ortho nitro benzene ring substituents is 1. The predicted octanol–water partition coefficient (Wildman–Crippen LogP) is 5.71. The van der Waals surface area contributed by atoms with Crippen molar-refractivity contribution in [3.63, 3.8) is 0 Å². The van der Waals surface area contributed by atoms with Gasteiger partial charge >= 0.3 is 0 Å². The van der Waals surface area contributed by atoms with E-state index in [-0.39, 0.29) is 22.9 Å². The standard InChI is InChI=1S/C25H20N4O5S2/c1-34-22-11-3-2-10-20(22)21-14-36-25(27-21)28-23(30)15-35-19-9-5-7-17(13-19)26-24(31)16-6-4-8-18(12-16)29(32)33/h2-14H,15H2,1H3,(H,26,31)(H,27,28,30). The molecule has 4 aromatic rings. The zero-order chi connectivity index (χ0) is 25.5. The maximum atomic E-state index is 12.5. The molecular formula is C25H20N4O5S2. The number of hydrogen-bond acceptors (Lipinski definition) is 8. The van der Waals surface area contributed by atoms with Crippen molar-refractivity contribution in [2.45, 2.75) is 4.90 Å². The number of thioether (sulfide) groups is 1. The van der Waals surface area contributed by atoms with Crippen LogP contribution >= 0.6 is 23.1 Å². The zero-order valence-corrected chi connectivity index (χ0v) is 20.6. The molecule has 182 valence electrons. The second-order valence-corrected chi connectivity index (χ2v) is 9.27. The van der Waals surface area contributed by atoms with E-state index in [1.54, 1.807) is 25.3 Å². The van der Waals surface area contributed by atoms with Crippen molar-refractivity contribution in [3.05, 3.63) is 93.9 Å².